The van der Waals surface area contributed by atoms with E-state index < -0.39 is 0 Å². The van der Waals surface area contributed by atoms with Crippen LogP contribution in [0.3, 0.4) is 0 Å². The first kappa shape index (κ1) is 21.4. The summed E-state index contributed by atoms with van der Waals surface area (Å²) in [7, 11) is 3.03. The summed E-state index contributed by atoms with van der Waals surface area (Å²) in [5.74, 6) is 1.61. The maximum Gasteiger partial charge on any atom is 0.271 e. The topological polar surface area (TPSA) is 78.4 Å². The fourth-order valence-electron chi connectivity index (χ4n) is 2.42. The highest BCUT2D eigenvalue weighted by Crippen LogP contribution is 2.36. The van der Waals surface area contributed by atoms with Gasteiger partial charge >= 0.3 is 0 Å². The molecule has 0 radical (unpaired) electrons. The smallest absolute Gasteiger partial charge is 0.271 e. The maximum atomic E-state index is 12.3. The first-order valence-corrected chi connectivity index (χ1v) is 9.06. The molecule has 0 spiro atoms. The predicted molar refractivity (Wildman–Crippen MR) is 108 cm³/mol. The molecule has 8 heteroatoms. The van der Waals surface area contributed by atoms with Gasteiger partial charge in [-0.25, -0.2) is 5.43 Å². The third kappa shape index (κ3) is 5.29. The van der Waals surface area contributed by atoms with E-state index in [9.17, 15) is 4.79 Å². The highest BCUT2D eigenvalue weighted by Gasteiger charge is 2.12. The predicted octanol–water partition coefficient (Wildman–Crippen LogP) is 3.92. The van der Waals surface area contributed by atoms with Crippen LogP contribution in [-0.4, -0.2) is 39.6 Å². The number of carbonyl (C=O) groups is 1. The molecule has 2 rings (SSSR count). The third-order valence-electron chi connectivity index (χ3n) is 3.65. The number of halogens is 1. The third-order valence-corrected chi connectivity index (χ3v) is 3.93. The summed E-state index contributed by atoms with van der Waals surface area (Å²) < 4.78 is 21.4. The lowest BCUT2D eigenvalue weighted by Crippen LogP contribution is -2.17. The van der Waals surface area contributed by atoms with Crippen molar-refractivity contribution in [2.75, 3.05) is 27.4 Å². The van der Waals surface area contributed by atoms with Gasteiger partial charge in [0.05, 0.1) is 38.7 Å². The van der Waals surface area contributed by atoms with Crippen molar-refractivity contribution >= 4 is 23.7 Å². The highest BCUT2D eigenvalue weighted by molar-refractivity contribution is 6.32. The Bertz CT molecular complexity index is 855. The van der Waals surface area contributed by atoms with Crippen LogP contribution in [0.5, 0.6) is 23.0 Å². The average molecular weight is 407 g/mol. The Labute approximate surface area is 169 Å². The lowest BCUT2D eigenvalue weighted by molar-refractivity contribution is 0.0954. The number of ether oxygens (including phenoxy) is 4. The van der Waals surface area contributed by atoms with Crippen molar-refractivity contribution in [2.24, 2.45) is 5.10 Å². The summed E-state index contributed by atoms with van der Waals surface area (Å²) in [6, 6.07) is 8.27. The lowest BCUT2D eigenvalue weighted by Gasteiger charge is -2.13. The van der Waals surface area contributed by atoms with Gasteiger partial charge in [-0.1, -0.05) is 11.6 Å². The lowest BCUT2D eigenvalue weighted by atomic mass is 10.2. The molecule has 0 saturated heterocycles. The summed E-state index contributed by atoms with van der Waals surface area (Å²) >= 11 is 6.27. The van der Waals surface area contributed by atoms with Crippen LogP contribution in [0.25, 0.3) is 0 Å². The van der Waals surface area contributed by atoms with Gasteiger partial charge in [-0.15, -0.1) is 0 Å². The van der Waals surface area contributed by atoms with E-state index in [2.05, 4.69) is 10.5 Å². The van der Waals surface area contributed by atoms with Crippen LogP contribution in [0.2, 0.25) is 5.02 Å². The van der Waals surface area contributed by atoms with Crippen molar-refractivity contribution in [3.05, 3.63) is 46.5 Å². The van der Waals surface area contributed by atoms with Gasteiger partial charge in [-0.3, -0.25) is 4.79 Å². The van der Waals surface area contributed by atoms with Crippen LogP contribution >= 0.6 is 11.6 Å². The van der Waals surface area contributed by atoms with Crippen molar-refractivity contribution < 1.29 is 23.7 Å². The first-order valence-electron chi connectivity index (χ1n) is 8.68. The summed E-state index contributed by atoms with van der Waals surface area (Å²) in [6.07, 6.45) is 1.47. The molecule has 0 saturated carbocycles. The second kappa shape index (κ2) is 10.4. The number of hydrazone groups is 1. The Balaban J connectivity index is 2.14. The normalized spacial score (nSPS) is 10.6. The van der Waals surface area contributed by atoms with Crippen molar-refractivity contribution in [3.8, 4) is 23.0 Å². The van der Waals surface area contributed by atoms with Gasteiger partial charge in [0.25, 0.3) is 5.91 Å². The van der Waals surface area contributed by atoms with Gasteiger partial charge in [0, 0.05) is 5.56 Å². The van der Waals surface area contributed by atoms with Gasteiger partial charge in [-0.2, -0.15) is 5.10 Å². The highest BCUT2D eigenvalue weighted by atomic mass is 35.5. The molecule has 0 unspecified atom stereocenters. The standard InChI is InChI=1S/C20H23ClN2O5/c1-5-27-18-10-13(9-15(21)19(18)28-6-2)12-22-23-20(24)14-7-8-16(25-3)17(11-14)26-4/h7-12H,5-6H2,1-4H3,(H,23,24)/b22-12+. The largest absolute Gasteiger partial charge is 0.493 e. The number of methoxy groups -OCH3 is 2. The molecule has 1 amide bonds. The van der Waals surface area contributed by atoms with Gasteiger partial charge in [0.1, 0.15) is 0 Å². The molecule has 0 bridgehead atoms. The monoisotopic (exact) mass is 406 g/mol. The average Bonchev–Trinajstić information content (AvgIpc) is 2.70. The zero-order valence-electron chi connectivity index (χ0n) is 16.2. The molecule has 0 aromatic heterocycles. The van der Waals surface area contributed by atoms with E-state index in [-0.39, 0.29) is 5.91 Å². The molecule has 150 valence electrons. The number of rotatable bonds is 9. The zero-order valence-corrected chi connectivity index (χ0v) is 17.0. The summed E-state index contributed by atoms with van der Waals surface area (Å²) in [5, 5.41) is 4.39. The molecule has 0 aliphatic heterocycles. The molecule has 0 aliphatic rings. The van der Waals surface area contributed by atoms with E-state index in [1.807, 2.05) is 13.8 Å². The first-order chi connectivity index (χ1) is 13.5. The second-order valence-corrected chi connectivity index (χ2v) is 5.87. The Morgan fingerprint density at radius 1 is 1.04 bits per heavy atom. The fourth-order valence-corrected chi connectivity index (χ4v) is 2.69. The molecular formula is C20H23ClN2O5. The summed E-state index contributed by atoms with van der Waals surface area (Å²) in [5.41, 5.74) is 3.51. The van der Waals surface area contributed by atoms with Crippen molar-refractivity contribution in [3.63, 3.8) is 0 Å². The maximum absolute atomic E-state index is 12.3. The molecule has 0 fully saturated rings. The van der Waals surface area contributed by atoms with Crippen molar-refractivity contribution in [1.29, 1.82) is 0 Å². The molecule has 28 heavy (non-hydrogen) atoms. The SMILES string of the molecule is CCOc1cc(/C=N/NC(=O)c2ccc(OC)c(OC)c2)cc(Cl)c1OCC. The van der Waals surface area contributed by atoms with Crippen LogP contribution in [0.4, 0.5) is 0 Å². The van der Waals surface area contributed by atoms with E-state index >= 15 is 0 Å². The number of amides is 1. The number of hydrogen-bond acceptors (Lipinski definition) is 6. The molecule has 7 nitrogen and oxygen atoms in total. The quantitative estimate of drug-likeness (QED) is 0.504. The van der Waals surface area contributed by atoms with Crippen LogP contribution < -0.4 is 24.4 Å². The Hall–Kier alpha value is -2.93. The molecule has 0 aliphatic carbocycles. The molecule has 1 N–H and O–H groups in total. The van der Waals surface area contributed by atoms with Crippen LogP contribution in [-0.2, 0) is 0 Å². The number of hydrogen-bond donors (Lipinski definition) is 1. The minimum atomic E-state index is -0.390. The van der Waals surface area contributed by atoms with E-state index in [0.29, 0.717) is 52.4 Å². The zero-order chi connectivity index (χ0) is 20.5. The molecule has 0 heterocycles. The van der Waals surface area contributed by atoms with Gasteiger partial charge in [0.2, 0.25) is 0 Å². The second-order valence-electron chi connectivity index (χ2n) is 5.46. The van der Waals surface area contributed by atoms with Crippen LogP contribution in [0.15, 0.2) is 35.4 Å². The molecule has 0 atom stereocenters. The number of carbonyl (C=O) groups excluding carboxylic acids is 1. The fraction of sp³-hybridized carbons (Fsp3) is 0.300. The van der Waals surface area contributed by atoms with E-state index in [1.165, 1.54) is 20.4 Å². The number of nitrogens with zero attached hydrogens (tertiary/aromatic N) is 1. The minimum Gasteiger partial charge on any atom is -0.493 e. The Morgan fingerprint density at radius 2 is 1.75 bits per heavy atom. The van der Waals surface area contributed by atoms with E-state index in [1.54, 1.807) is 30.3 Å². The van der Waals surface area contributed by atoms with Crippen LogP contribution in [0, 0.1) is 0 Å². The molecule has 2 aromatic rings. The molecule has 2 aromatic carbocycles. The van der Waals surface area contributed by atoms with E-state index in [4.69, 9.17) is 30.5 Å². The Morgan fingerprint density at radius 3 is 2.39 bits per heavy atom. The molecular weight excluding hydrogens is 384 g/mol. The minimum absolute atomic E-state index is 0.384. The van der Waals surface area contributed by atoms with Crippen molar-refractivity contribution in [1.82, 2.24) is 5.43 Å². The summed E-state index contributed by atoms with van der Waals surface area (Å²) in [4.78, 5) is 12.3. The number of nitrogens with one attached hydrogen (secondary N) is 1. The number of benzene rings is 2. The Kier molecular flexibility index (Phi) is 7.95. The van der Waals surface area contributed by atoms with E-state index in [0.717, 1.165) is 0 Å². The van der Waals surface area contributed by atoms with Gasteiger partial charge < -0.3 is 18.9 Å². The van der Waals surface area contributed by atoms with Gasteiger partial charge in [-0.05, 0) is 49.7 Å². The van der Waals surface area contributed by atoms with Crippen LogP contribution in [0.1, 0.15) is 29.8 Å². The van der Waals surface area contributed by atoms with Gasteiger partial charge in [0.15, 0.2) is 23.0 Å². The summed E-state index contributed by atoms with van der Waals surface area (Å²) in [6.45, 7) is 4.67. The van der Waals surface area contributed by atoms with Crippen molar-refractivity contribution in [2.45, 2.75) is 13.8 Å².